The molecule has 1 fully saturated rings. The lowest BCUT2D eigenvalue weighted by Gasteiger charge is -2.09. The van der Waals surface area contributed by atoms with Crippen molar-refractivity contribution in [1.82, 2.24) is 29.9 Å². The molecule has 0 unspecified atom stereocenters. The first-order chi connectivity index (χ1) is 14.6. The van der Waals surface area contributed by atoms with Gasteiger partial charge in [0.15, 0.2) is 11.2 Å². The van der Waals surface area contributed by atoms with Gasteiger partial charge in [-0.2, -0.15) is 4.68 Å². The van der Waals surface area contributed by atoms with Gasteiger partial charge in [0.25, 0.3) is 0 Å². The lowest BCUT2D eigenvalue weighted by Crippen LogP contribution is -2.21. The van der Waals surface area contributed by atoms with Crippen molar-refractivity contribution in [2.45, 2.75) is 39.0 Å². The van der Waals surface area contributed by atoms with Crippen LogP contribution >= 0.6 is 0 Å². The van der Waals surface area contributed by atoms with Gasteiger partial charge in [-0.1, -0.05) is 24.3 Å². The molecule has 8 nitrogen and oxygen atoms in total. The van der Waals surface area contributed by atoms with E-state index in [1.54, 1.807) is 17.1 Å². The Labute approximate surface area is 173 Å². The van der Waals surface area contributed by atoms with Gasteiger partial charge in [0.05, 0.1) is 23.6 Å². The summed E-state index contributed by atoms with van der Waals surface area (Å²) in [6.45, 7) is 2.13. The summed E-state index contributed by atoms with van der Waals surface area (Å²) in [6, 6.07) is 8.36. The number of rotatable bonds is 5. The fourth-order valence-electron chi connectivity index (χ4n) is 4.30. The van der Waals surface area contributed by atoms with Crippen LogP contribution in [-0.4, -0.2) is 35.9 Å². The van der Waals surface area contributed by atoms with Gasteiger partial charge < -0.3 is 5.73 Å². The molecule has 152 valence electrons. The number of carbonyl (C=O) groups excluding carboxylic acids is 1. The van der Waals surface area contributed by atoms with Gasteiger partial charge in [0, 0.05) is 17.7 Å². The van der Waals surface area contributed by atoms with E-state index in [-0.39, 0.29) is 11.8 Å². The average molecular weight is 401 g/mol. The van der Waals surface area contributed by atoms with E-state index in [1.165, 1.54) is 5.56 Å². The van der Waals surface area contributed by atoms with Crippen LogP contribution in [0.1, 0.15) is 37.6 Å². The molecule has 1 aromatic carbocycles. The smallest absolute Gasteiger partial charge is 0.220 e. The molecule has 1 saturated carbocycles. The molecule has 1 aliphatic rings. The van der Waals surface area contributed by atoms with E-state index in [0.29, 0.717) is 17.1 Å². The van der Waals surface area contributed by atoms with Crippen LogP contribution in [0.25, 0.3) is 27.8 Å². The zero-order valence-corrected chi connectivity index (χ0v) is 16.8. The predicted molar refractivity (Wildman–Crippen MR) is 113 cm³/mol. The van der Waals surface area contributed by atoms with Gasteiger partial charge >= 0.3 is 0 Å². The molecule has 0 radical (unpaired) electrons. The van der Waals surface area contributed by atoms with Gasteiger partial charge in [0.2, 0.25) is 5.91 Å². The lowest BCUT2D eigenvalue weighted by atomic mass is 10.0. The van der Waals surface area contributed by atoms with Crippen LogP contribution in [0.15, 0.2) is 36.7 Å². The number of hydrogen-bond acceptors (Lipinski definition) is 6. The van der Waals surface area contributed by atoms with Crippen LogP contribution in [0.2, 0.25) is 0 Å². The number of fused-ring (bicyclic) bond motifs is 2. The van der Waals surface area contributed by atoms with Crippen molar-refractivity contribution in [3.8, 4) is 5.69 Å². The maximum absolute atomic E-state index is 11.4. The number of benzene rings is 1. The molecule has 0 bridgehead atoms. The van der Waals surface area contributed by atoms with Crippen LogP contribution < -0.4 is 5.73 Å². The van der Waals surface area contributed by atoms with Crippen LogP contribution in [-0.2, 0) is 17.6 Å². The minimum Gasteiger partial charge on any atom is -0.369 e. The summed E-state index contributed by atoms with van der Waals surface area (Å²) in [4.78, 5) is 25.2. The van der Waals surface area contributed by atoms with Crippen molar-refractivity contribution < 1.29 is 4.79 Å². The number of carbonyl (C=O) groups is 1. The van der Waals surface area contributed by atoms with Gasteiger partial charge in [-0.25, -0.2) is 9.97 Å². The largest absolute Gasteiger partial charge is 0.369 e. The van der Waals surface area contributed by atoms with Crippen molar-refractivity contribution in [2.24, 2.45) is 17.6 Å². The van der Waals surface area contributed by atoms with Gasteiger partial charge in [-0.3, -0.25) is 9.78 Å². The van der Waals surface area contributed by atoms with Crippen molar-refractivity contribution >= 4 is 28.0 Å². The number of nitrogens with zero attached hydrogens (tertiary/aromatic N) is 6. The Hall–Kier alpha value is -3.42. The van der Waals surface area contributed by atoms with Crippen molar-refractivity contribution in [1.29, 1.82) is 0 Å². The fourth-order valence-corrected chi connectivity index (χ4v) is 4.30. The second kappa shape index (κ2) is 7.44. The zero-order chi connectivity index (χ0) is 20.7. The molecule has 0 aliphatic heterocycles. The number of nitrogens with two attached hydrogens (primary N) is 1. The van der Waals surface area contributed by atoms with Crippen LogP contribution in [0, 0.1) is 11.8 Å². The highest BCUT2D eigenvalue weighted by Gasteiger charge is 2.29. The molecule has 3 heterocycles. The standard InChI is InChI=1S/C22H23N7O/c1-2-13-3-5-15-10-17(11-24-18(15)8-13)29-22-19(27-28-29)12-25-20(26-22)9-14-4-6-16(7-14)21(23)30/h3,5,8,10-12,14,16H,2,4,6-7,9H2,1H3,(H2,23,30)/t14-,16-/m1/s1. The number of amides is 1. The molecule has 1 amide bonds. The molecule has 30 heavy (non-hydrogen) atoms. The number of hydrogen-bond donors (Lipinski definition) is 1. The van der Waals surface area contributed by atoms with Crippen LogP contribution in [0.3, 0.4) is 0 Å². The normalized spacial score (nSPS) is 19.0. The Balaban J connectivity index is 1.46. The maximum atomic E-state index is 11.4. The Morgan fingerprint density at radius 2 is 2.07 bits per heavy atom. The first-order valence-electron chi connectivity index (χ1n) is 10.4. The third-order valence-electron chi connectivity index (χ3n) is 6.04. The predicted octanol–water partition coefficient (Wildman–Crippen LogP) is 2.77. The maximum Gasteiger partial charge on any atom is 0.220 e. The second-order valence-corrected chi connectivity index (χ2v) is 8.05. The highest BCUT2D eigenvalue weighted by molar-refractivity contribution is 5.82. The molecule has 2 atom stereocenters. The molecule has 0 saturated heterocycles. The van der Waals surface area contributed by atoms with Gasteiger partial charge in [0.1, 0.15) is 5.82 Å². The molecule has 3 aromatic heterocycles. The van der Waals surface area contributed by atoms with E-state index in [0.717, 1.165) is 54.5 Å². The first kappa shape index (κ1) is 18.6. The third-order valence-corrected chi connectivity index (χ3v) is 6.04. The van der Waals surface area contributed by atoms with Crippen LogP contribution in [0.4, 0.5) is 0 Å². The highest BCUT2D eigenvalue weighted by Crippen LogP contribution is 2.32. The lowest BCUT2D eigenvalue weighted by molar-refractivity contribution is -0.121. The molecule has 0 spiro atoms. The molecule has 2 N–H and O–H groups in total. The van der Waals surface area contributed by atoms with E-state index >= 15 is 0 Å². The molecule has 1 aliphatic carbocycles. The van der Waals surface area contributed by atoms with Gasteiger partial charge in [-0.15, -0.1) is 5.10 Å². The Kier molecular flexibility index (Phi) is 4.61. The number of aromatic nitrogens is 6. The SMILES string of the molecule is CCc1ccc2cc(-n3nnc4cnc(C[C@@H]5CC[C@@H](C(N)=O)C5)nc43)cnc2c1. The topological polar surface area (TPSA) is 112 Å². The Morgan fingerprint density at radius 1 is 1.17 bits per heavy atom. The number of aryl methyl sites for hydroxylation is 1. The summed E-state index contributed by atoms with van der Waals surface area (Å²) in [5.41, 5.74) is 9.80. The Morgan fingerprint density at radius 3 is 2.87 bits per heavy atom. The number of pyridine rings is 1. The summed E-state index contributed by atoms with van der Waals surface area (Å²) < 4.78 is 1.71. The summed E-state index contributed by atoms with van der Waals surface area (Å²) in [5, 5.41) is 9.53. The van der Waals surface area contributed by atoms with E-state index in [2.05, 4.69) is 45.4 Å². The molecule has 8 heteroatoms. The van der Waals surface area contributed by atoms with Gasteiger partial charge in [-0.05, 0) is 49.3 Å². The molecule has 4 aromatic rings. The van der Waals surface area contributed by atoms with E-state index in [1.807, 2.05) is 6.07 Å². The molecular weight excluding hydrogens is 378 g/mol. The first-order valence-corrected chi connectivity index (χ1v) is 10.4. The van der Waals surface area contributed by atoms with Crippen LogP contribution in [0.5, 0.6) is 0 Å². The quantitative estimate of drug-likeness (QED) is 0.550. The monoisotopic (exact) mass is 401 g/mol. The van der Waals surface area contributed by atoms with E-state index < -0.39 is 0 Å². The highest BCUT2D eigenvalue weighted by atomic mass is 16.1. The van der Waals surface area contributed by atoms with Crippen molar-refractivity contribution in [3.63, 3.8) is 0 Å². The minimum absolute atomic E-state index is 0.0252. The minimum atomic E-state index is -0.203. The summed E-state index contributed by atoms with van der Waals surface area (Å²) in [6.07, 6.45) is 7.85. The van der Waals surface area contributed by atoms with E-state index in [4.69, 9.17) is 10.7 Å². The zero-order valence-electron chi connectivity index (χ0n) is 16.8. The van der Waals surface area contributed by atoms with Crippen molar-refractivity contribution in [3.05, 3.63) is 48.0 Å². The number of primary amides is 1. The Bertz CT molecular complexity index is 1250. The summed E-state index contributed by atoms with van der Waals surface area (Å²) in [5.74, 6) is 0.885. The van der Waals surface area contributed by atoms with E-state index in [9.17, 15) is 4.79 Å². The summed E-state index contributed by atoms with van der Waals surface area (Å²) >= 11 is 0. The second-order valence-electron chi connectivity index (χ2n) is 8.05. The average Bonchev–Trinajstić information content (AvgIpc) is 3.40. The third kappa shape index (κ3) is 3.38. The molecular formula is C22H23N7O. The summed E-state index contributed by atoms with van der Waals surface area (Å²) in [7, 11) is 0. The molecule has 5 rings (SSSR count). The fraction of sp³-hybridized carbons (Fsp3) is 0.364. The van der Waals surface area contributed by atoms with Crippen molar-refractivity contribution in [2.75, 3.05) is 0 Å².